The second-order valence-electron chi connectivity index (χ2n) is 6.61. The Morgan fingerprint density at radius 3 is 2.88 bits per heavy atom. The molecule has 24 heavy (non-hydrogen) atoms. The van der Waals surface area contributed by atoms with Crippen LogP contribution >= 0.6 is 0 Å². The summed E-state index contributed by atoms with van der Waals surface area (Å²) < 4.78 is 16.6. The second-order valence-corrected chi connectivity index (χ2v) is 6.61. The summed E-state index contributed by atoms with van der Waals surface area (Å²) in [6.07, 6.45) is 2.19. The number of rotatable bonds is 4. The number of hydrogen-bond donors (Lipinski definition) is 1. The van der Waals surface area contributed by atoms with Crippen molar-refractivity contribution in [2.75, 3.05) is 26.2 Å². The number of aryl methyl sites for hydroxylation is 1. The van der Waals surface area contributed by atoms with Crippen LogP contribution in [0, 0.1) is 6.92 Å². The normalized spacial score (nSPS) is 17.6. The molecule has 0 radical (unpaired) electrons. The van der Waals surface area contributed by atoms with E-state index in [1.54, 1.807) is 7.11 Å². The Bertz CT molecular complexity index is 787. The zero-order valence-electron chi connectivity index (χ0n) is 14.0. The van der Waals surface area contributed by atoms with E-state index < -0.39 is 0 Å². The molecule has 6 nitrogen and oxygen atoms in total. The number of nitrogens with zero attached hydrogens (tertiary/aromatic N) is 2. The van der Waals surface area contributed by atoms with E-state index in [0.29, 0.717) is 12.4 Å². The Morgan fingerprint density at radius 1 is 1.29 bits per heavy atom. The average molecular weight is 327 g/mol. The lowest BCUT2D eigenvalue weighted by molar-refractivity contribution is 0.0514. The van der Waals surface area contributed by atoms with E-state index in [4.69, 9.17) is 19.9 Å². The quantitative estimate of drug-likeness (QED) is 0.870. The Labute approximate surface area is 140 Å². The third-order valence-corrected chi connectivity index (χ3v) is 4.83. The lowest BCUT2D eigenvalue weighted by atomic mass is 9.88. The standard InChI is InChI=1S/C18H21N3O3/c1-11-3-4-12(14(7-11)24-10-22-2)16-13-8-23-9-18(5-6-18)15(13)17(19)21-20-16/h3-4,7H,5-6,8-10H2,1-2H3,(H2,19,21). The van der Waals surface area contributed by atoms with Crippen LogP contribution in [0.5, 0.6) is 5.75 Å². The van der Waals surface area contributed by atoms with E-state index in [9.17, 15) is 0 Å². The van der Waals surface area contributed by atoms with Crippen LogP contribution in [0.1, 0.15) is 29.5 Å². The zero-order valence-corrected chi connectivity index (χ0v) is 14.0. The van der Waals surface area contributed by atoms with Gasteiger partial charge in [0.2, 0.25) is 0 Å². The van der Waals surface area contributed by atoms with Crippen molar-refractivity contribution in [3.63, 3.8) is 0 Å². The van der Waals surface area contributed by atoms with Crippen LogP contribution < -0.4 is 10.5 Å². The first-order valence-electron chi connectivity index (χ1n) is 8.11. The van der Waals surface area contributed by atoms with Crippen LogP contribution in [-0.2, 0) is 21.5 Å². The summed E-state index contributed by atoms with van der Waals surface area (Å²) >= 11 is 0. The SMILES string of the molecule is COCOc1cc(C)ccc1-c1nnc(N)c2c1COCC21CC1. The average Bonchev–Trinajstić information content (AvgIpc) is 3.34. The molecule has 0 unspecified atom stereocenters. The van der Waals surface area contributed by atoms with Crippen molar-refractivity contribution in [3.05, 3.63) is 34.9 Å². The predicted octanol–water partition coefficient (Wildman–Crippen LogP) is 2.58. The van der Waals surface area contributed by atoms with Crippen LogP contribution in [0.4, 0.5) is 5.82 Å². The highest BCUT2D eigenvalue weighted by Gasteiger charge is 2.50. The first kappa shape index (κ1) is 15.4. The monoisotopic (exact) mass is 327 g/mol. The Balaban J connectivity index is 1.86. The first-order chi connectivity index (χ1) is 11.6. The van der Waals surface area contributed by atoms with Gasteiger partial charge in [-0.3, -0.25) is 0 Å². The zero-order chi connectivity index (χ0) is 16.7. The number of benzene rings is 1. The van der Waals surface area contributed by atoms with Crippen molar-refractivity contribution in [2.24, 2.45) is 0 Å². The van der Waals surface area contributed by atoms with Crippen molar-refractivity contribution in [3.8, 4) is 17.0 Å². The maximum absolute atomic E-state index is 6.17. The fourth-order valence-corrected chi connectivity index (χ4v) is 3.47. The fourth-order valence-electron chi connectivity index (χ4n) is 3.47. The Kier molecular flexibility index (Phi) is 3.66. The number of aromatic nitrogens is 2. The van der Waals surface area contributed by atoms with E-state index >= 15 is 0 Å². The highest BCUT2D eigenvalue weighted by molar-refractivity contribution is 5.74. The molecule has 1 aliphatic heterocycles. The molecule has 1 aromatic heterocycles. The number of fused-ring (bicyclic) bond motifs is 2. The minimum atomic E-state index is 0.0423. The van der Waals surface area contributed by atoms with Crippen molar-refractivity contribution < 1.29 is 14.2 Å². The maximum Gasteiger partial charge on any atom is 0.188 e. The molecule has 1 fully saturated rings. The highest BCUT2D eigenvalue weighted by atomic mass is 16.7. The number of nitrogens with two attached hydrogens (primary N) is 1. The molecule has 0 atom stereocenters. The van der Waals surface area contributed by atoms with Gasteiger partial charge in [-0.2, -0.15) is 0 Å². The molecule has 0 amide bonds. The van der Waals surface area contributed by atoms with E-state index in [0.717, 1.165) is 53.1 Å². The molecular weight excluding hydrogens is 306 g/mol. The smallest absolute Gasteiger partial charge is 0.188 e. The summed E-state index contributed by atoms with van der Waals surface area (Å²) in [6, 6.07) is 6.03. The second kappa shape index (κ2) is 5.72. The summed E-state index contributed by atoms with van der Waals surface area (Å²) in [6.45, 7) is 3.43. The van der Waals surface area contributed by atoms with Crippen LogP contribution in [0.25, 0.3) is 11.3 Å². The highest BCUT2D eigenvalue weighted by Crippen LogP contribution is 2.54. The number of hydrogen-bond acceptors (Lipinski definition) is 6. The number of anilines is 1. The van der Waals surface area contributed by atoms with Crippen molar-refractivity contribution in [1.29, 1.82) is 0 Å². The minimum Gasteiger partial charge on any atom is -0.467 e. The van der Waals surface area contributed by atoms with Crippen LogP contribution in [0.2, 0.25) is 0 Å². The van der Waals surface area contributed by atoms with Gasteiger partial charge in [-0.25, -0.2) is 0 Å². The van der Waals surface area contributed by atoms with Crippen molar-refractivity contribution in [2.45, 2.75) is 31.8 Å². The summed E-state index contributed by atoms with van der Waals surface area (Å²) in [5.74, 6) is 1.26. The molecule has 2 aromatic rings. The lowest BCUT2D eigenvalue weighted by Crippen LogP contribution is -2.26. The molecule has 1 spiro atoms. The van der Waals surface area contributed by atoms with Gasteiger partial charge in [0.25, 0.3) is 0 Å². The van der Waals surface area contributed by atoms with Gasteiger partial charge in [-0.15, -0.1) is 10.2 Å². The third-order valence-electron chi connectivity index (χ3n) is 4.83. The molecule has 2 aliphatic rings. The minimum absolute atomic E-state index is 0.0423. The third kappa shape index (κ3) is 2.42. The van der Waals surface area contributed by atoms with Crippen molar-refractivity contribution >= 4 is 5.82 Å². The molecule has 1 saturated carbocycles. The van der Waals surface area contributed by atoms with Gasteiger partial charge in [0.15, 0.2) is 6.79 Å². The topological polar surface area (TPSA) is 79.5 Å². The molecule has 2 heterocycles. The molecule has 0 saturated heterocycles. The molecule has 4 rings (SSSR count). The van der Waals surface area contributed by atoms with E-state index in [1.165, 1.54) is 0 Å². The molecule has 0 bridgehead atoms. The van der Waals surface area contributed by atoms with Crippen molar-refractivity contribution in [1.82, 2.24) is 10.2 Å². The van der Waals surface area contributed by atoms with Gasteiger partial charge in [-0.1, -0.05) is 6.07 Å². The van der Waals surface area contributed by atoms with Crippen LogP contribution in [0.3, 0.4) is 0 Å². The molecule has 126 valence electrons. The van der Waals surface area contributed by atoms with Gasteiger partial charge >= 0.3 is 0 Å². The van der Waals surface area contributed by atoms with Gasteiger partial charge in [0.1, 0.15) is 17.3 Å². The van der Waals surface area contributed by atoms with Gasteiger partial charge in [-0.05, 0) is 37.5 Å². The van der Waals surface area contributed by atoms with E-state index in [2.05, 4.69) is 10.2 Å². The molecular formula is C18H21N3O3. The van der Waals surface area contributed by atoms with E-state index in [-0.39, 0.29) is 12.2 Å². The summed E-state index contributed by atoms with van der Waals surface area (Å²) in [5, 5.41) is 8.61. The van der Waals surface area contributed by atoms with E-state index in [1.807, 2.05) is 25.1 Å². The summed E-state index contributed by atoms with van der Waals surface area (Å²) in [7, 11) is 1.60. The van der Waals surface area contributed by atoms with Gasteiger partial charge < -0.3 is 19.9 Å². The number of nitrogen functional groups attached to an aromatic ring is 1. The summed E-state index contributed by atoms with van der Waals surface area (Å²) in [4.78, 5) is 0. The Hall–Kier alpha value is -2.18. The first-order valence-corrected chi connectivity index (χ1v) is 8.11. The molecule has 6 heteroatoms. The lowest BCUT2D eigenvalue weighted by Gasteiger charge is -2.28. The maximum atomic E-state index is 6.17. The largest absolute Gasteiger partial charge is 0.467 e. The van der Waals surface area contributed by atoms with Gasteiger partial charge in [0.05, 0.1) is 13.2 Å². The molecule has 2 N–H and O–H groups in total. The van der Waals surface area contributed by atoms with Crippen LogP contribution in [-0.4, -0.2) is 30.7 Å². The Morgan fingerprint density at radius 2 is 2.12 bits per heavy atom. The summed E-state index contributed by atoms with van der Waals surface area (Å²) in [5.41, 5.74) is 11.2. The molecule has 1 aliphatic carbocycles. The van der Waals surface area contributed by atoms with Crippen LogP contribution in [0.15, 0.2) is 18.2 Å². The van der Waals surface area contributed by atoms with Gasteiger partial charge in [0, 0.05) is 29.2 Å². The number of methoxy groups -OCH3 is 1. The fraction of sp³-hybridized carbons (Fsp3) is 0.444. The number of ether oxygens (including phenoxy) is 3. The molecule has 1 aromatic carbocycles. The predicted molar refractivity (Wildman–Crippen MR) is 89.7 cm³/mol.